The maximum absolute atomic E-state index is 11.7. The number of carbonyl (C=O) groups excluding carboxylic acids is 2. The molecule has 0 bridgehead atoms. The van der Waals surface area contributed by atoms with Crippen molar-refractivity contribution in [2.45, 2.75) is 31.3 Å². The first-order valence-corrected chi connectivity index (χ1v) is 6.05. The summed E-state index contributed by atoms with van der Waals surface area (Å²) in [4.78, 5) is 22.6. The molecular weight excluding hydrogens is 254 g/mol. The van der Waals surface area contributed by atoms with Crippen molar-refractivity contribution in [3.05, 3.63) is 11.8 Å². The van der Waals surface area contributed by atoms with Crippen LogP contribution in [0.3, 0.4) is 0 Å². The van der Waals surface area contributed by atoms with Crippen LogP contribution >= 0.6 is 0 Å². The fraction of sp³-hybridized carbons (Fsp3) is 0.667. The van der Waals surface area contributed by atoms with Crippen LogP contribution < -0.4 is 5.73 Å². The minimum atomic E-state index is -0.911. The third-order valence-electron chi connectivity index (χ3n) is 4.22. The van der Waals surface area contributed by atoms with Crippen molar-refractivity contribution >= 4 is 12.1 Å². The lowest BCUT2D eigenvalue weighted by molar-refractivity contribution is -0.149. The van der Waals surface area contributed by atoms with E-state index >= 15 is 0 Å². The molecule has 1 aliphatic carbocycles. The quantitative estimate of drug-likeness (QED) is 0.571. The molecule has 0 spiro atoms. The van der Waals surface area contributed by atoms with Crippen LogP contribution in [0.25, 0.3) is 0 Å². The standard InChI is InChI=1S/C12H15NO6/c1-12-7(19-12)3-5-6(9(14)16-2)4-17-10(8(5)12)18-11(13)15/h4-5,7-8,10H,3H2,1-2H3,(H2,13,15). The lowest BCUT2D eigenvalue weighted by Gasteiger charge is -2.35. The van der Waals surface area contributed by atoms with E-state index in [2.05, 4.69) is 0 Å². The van der Waals surface area contributed by atoms with Gasteiger partial charge in [-0.15, -0.1) is 0 Å². The molecule has 104 valence electrons. The third kappa shape index (κ3) is 1.68. The maximum atomic E-state index is 11.7. The van der Waals surface area contributed by atoms with Crippen molar-refractivity contribution in [1.82, 2.24) is 0 Å². The number of nitrogens with two attached hydrogens (primary N) is 1. The summed E-state index contributed by atoms with van der Waals surface area (Å²) in [6.07, 6.45) is 0.301. The Labute approximate surface area is 109 Å². The highest BCUT2D eigenvalue weighted by atomic mass is 16.7. The summed E-state index contributed by atoms with van der Waals surface area (Å²) in [7, 11) is 1.32. The third-order valence-corrected chi connectivity index (χ3v) is 4.22. The van der Waals surface area contributed by atoms with Gasteiger partial charge in [0.25, 0.3) is 6.29 Å². The van der Waals surface area contributed by atoms with E-state index in [-0.39, 0.29) is 17.9 Å². The van der Waals surface area contributed by atoms with Crippen molar-refractivity contribution in [3.63, 3.8) is 0 Å². The Balaban J connectivity index is 1.90. The number of rotatable bonds is 2. The van der Waals surface area contributed by atoms with E-state index in [1.54, 1.807) is 0 Å². The second-order valence-corrected chi connectivity index (χ2v) is 5.16. The van der Waals surface area contributed by atoms with Gasteiger partial charge in [0.1, 0.15) is 5.60 Å². The van der Waals surface area contributed by atoms with E-state index in [0.717, 1.165) is 0 Å². The molecule has 2 N–H and O–H groups in total. The molecule has 0 radical (unpaired) electrons. The molecule has 5 unspecified atom stereocenters. The van der Waals surface area contributed by atoms with Crippen molar-refractivity contribution in [2.75, 3.05) is 7.11 Å². The molecule has 7 heteroatoms. The van der Waals surface area contributed by atoms with Crippen LogP contribution in [0.5, 0.6) is 0 Å². The molecule has 5 atom stereocenters. The Hall–Kier alpha value is -1.76. The normalized spacial score (nSPS) is 42.3. The van der Waals surface area contributed by atoms with Crippen molar-refractivity contribution < 1.29 is 28.5 Å². The summed E-state index contributed by atoms with van der Waals surface area (Å²) < 4.78 is 20.6. The molecule has 0 aromatic heterocycles. The van der Waals surface area contributed by atoms with Crippen LogP contribution in [0, 0.1) is 11.8 Å². The number of fused-ring (bicyclic) bond motifs is 3. The molecule has 1 saturated heterocycles. The molecular formula is C12H15NO6. The predicted molar refractivity (Wildman–Crippen MR) is 60.5 cm³/mol. The van der Waals surface area contributed by atoms with Gasteiger partial charge in [-0.05, 0) is 13.3 Å². The number of methoxy groups -OCH3 is 1. The number of amides is 1. The van der Waals surface area contributed by atoms with Gasteiger partial charge in [0.2, 0.25) is 0 Å². The molecule has 3 aliphatic rings. The van der Waals surface area contributed by atoms with Gasteiger partial charge < -0.3 is 24.7 Å². The first kappa shape index (κ1) is 12.3. The Morgan fingerprint density at radius 1 is 1.53 bits per heavy atom. The number of epoxide rings is 1. The van der Waals surface area contributed by atoms with Gasteiger partial charge in [-0.25, -0.2) is 9.59 Å². The molecule has 2 heterocycles. The number of ether oxygens (including phenoxy) is 4. The summed E-state index contributed by atoms with van der Waals surface area (Å²) >= 11 is 0. The average molecular weight is 269 g/mol. The second kappa shape index (κ2) is 3.86. The smallest absolute Gasteiger partial charge is 0.407 e. The van der Waals surface area contributed by atoms with Crippen LogP contribution in [0.15, 0.2) is 11.8 Å². The zero-order valence-electron chi connectivity index (χ0n) is 10.6. The van der Waals surface area contributed by atoms with Gasteiger partial charge in [-0.3, -0.25) is 0 Å². The van der Waals surface area contributed by atoms with E-state index in [9.17, 15) is 9.59 Å². The summed E-state index contributed by atoms with van der Waals surface area (Å²) in [6, 6.07) is 0. The summed E-state index contributed by atoms with van der Waals surface area (Å²) in [5.74, 6) is -0.782. The number of esters is 1. The van der Waals surface area contributed by atoms with Crippen LogP contribution in [0.4, 0.5) is 4.79 Å². The number of primary amides is 1. The highest BCUT2D eigenvalue weighted by molar-refractivity contribution is 5.89. The Bertz CT molecular complexity index is 475. The SMILES string of the molecule is COC(=O)C1=COC(OC(N)=O)C2C1CC1OC12C. The summed E-state index contributed by atoms with van der Waals surface area (Å²) in [6.45, 7) is 1.92. The van der Waals surface area contributed by atoms with Crippen LogP contribution in [-0.2, 0) is 23.7 Å². The monoisotopic (exact) mass is 269 g/mol. The minimum Gasteiger partial charge on any atom is -0.466 e. The van der Waals surface area contributed by atoms with Gasteiger partial charge in [-0.1, -0.05) is 0 Å². The summed E-state index contributed by atoms with van der Waals surface area (Å²) in [5.41, 5.74) is 5.05. The maximum Gasteiger partial charge on any atom is 0.407 e. The molecule has 2 aliphatic heterocycles. The minimum absolute atomic E-state index is 0.0521. The highest BCUT2D eigenvalue weighted by Gasteiger charge is 2.70. The Kier molecular flexibility index (Phi) is 2.50. The molecule has 7 nitrogen and oxygen atoms in total. The molecule has 2 fully saturated rings. The number of hydrogen-bond donors (Lipinski definition) is 1. The number of hydrogen-bond acceptors (Lipinski definition) is 6. The molecule has 0 aromatic carbocycles. The first-order valence-electron chi connectivity index (χ1n) is 6.05. The van der Waals surface area contributed by atoms with E-state index < -0.39 is 24.0 Å². The average Bonchev–Trinajstić information content (AvgIpc) is 2.90. The van der Waals surface area contributed by atoms with Crippen molar-refractivity contribution in [2.24, 2.45) is 17.6 Å². The molecule has 1 amide bonds. The van der Waals surface area contributed by atoms with E-state index in [1.807, 2.05) is 6.92 Å². The molecule has 1 saturated carbocycles. The topological polar surface area (TPSA) is 100 Å². The largest absolute Gasteiger partial charge is 0.466 e. The fourth-order valence-electron chi connectivity index (χ4n) is 3.25. The zero-order valence-corrected chi connectivity index (χ0v) is 10.6. The van der Waals surface area contributed by atoms with Gasteiger partial charge in [0.05, 0.1) is 31.0 Å². The van der Waals surface area contributed by atoms with Gasteiger partial charge in [0, 0.05) is 5.92 Å². The molecule has 3 rings (SSSR count). The van der Waals surface area contributed by atoms with Gasteiger partial charge >= 0.3 is 12.1 Å². The van der Waals surface area contributed by atoms with Crippen LogP contribution in [0.1, 0.15) is 13.3 Å². The highest BCUT2D eigenvalue weighted by Crippen LogP contribution is 2.60. The number of carbonyl (C=O) groups is 2. The summed E-state index contributed by atoms with van der Waals surface area (Å²) in [5, 5.41) is 0. The van der Waals surface area contributed by atoms with Crippen LogP contribution in [0.2, 0.25) is 0 Å². The lowest BCUT2D eigenvalue weighted by Crippen LogP contribution is -2.44. The van der Waals surface area contributed by atoms with Crippen molar-refractivity contribution in [3.8, 4) is 0 Å². The molecule has 19 heavy (non-hydrogen) atoms. The Morgan fingerprint density at radius 2 is 2.26 bits per heavy atom. The lowest BCUT2D eigenvalue weighted by atomic mass is 9.82. The van der Waals surface area contributed by atoms with Gasteiger partial charge in [0.15, 0.2) is 0 Å². The second-order valence-electron chi connectivity index (χ2n) is 5.16. The van der Waals surface area contributed by atoms with Gasteiger partial charge in [-0.2, -0.15) is 0 Å². The predicted octanol–water partition coefficient (Wildman–Crippen LogP) is 0.288. The first-order chi connectivity index (χ1) is 8.97. The van der Waals surface area contributed by atoms with E-state index in [0.29, 0.717) is 12.0 Å². The fourth-order valence-corrected chi connectivity index (χ4v) is 3.25. The Morgan fingerprint density at radius 3 is 2.89 bits per heavy atom. The van der Waals surface area contributed by atoms with E-state index in [4.69, 9.17) is 24.7 Å². The van der Waals surface area contributed by atoms with Crippen molar-refractivity contribution in [1.29, 1.82) is 0 Å². The van der Waals surface area contributed by atoms with E-state index in [1.165, 1.54) is 13.4 Å². The zero-order chi connectivity index (χ0) is 13.8. The molecule has 0 aromatic rings. The van der Waals surface area contributed by atoms with Crippen LogP contribution in [-0.4, -0.2) is 37.2 Å².